The third-order valence-electron chi connectivity index (χ3n) is 6.60. The van der Waals surface area contributed by atoms with Gasteiger partial charge < -0.3 is 9.64 Å². The summed E-state index contributed by atoms with van der Waals surface area (Å²) < 4.78 is 5.53. The molecule has 1 atom stereocenters. The van der Waals surface area contributed by atoms with Crippen LogP contribution in [0, 0.1) is 5.41 Å². The summed E-state index contributed by atoms with van der Waals surface area (Å²) in [5.74, 6) is 0.346. The van der Waals surface area contributed by atoms with Crippen molar-refractivity contribution in [2.75, 3.05) is 33.8 Å². The predicted molar refractivity (Wildman–Crippen MR) is 96.1 cm³/mol. The van der Waals surface area contributed by atoms with E-state index in [2.05, 4.69) is 41.4 Å². The molecular weight excluding hydrogens is 320 g/mol. The fourth-order valence-electron chi connectivity index (χ4n) is 4.81. The standard InChI is InChI=1S/C19H28N2O2S/c1-20(2)19(16-4-3-11-24-16)8-6-18(7-9-19)12-17(22)21(14-18)13-15-5-10-23-15/h3-4,11,15H,5-10,12-14H2,1-2H3. The summed E-state index contributed by atoms with van der Waals surface area (Å²) in [6.07, 6.45) is 6.75. The second kappa shape index (κ2) is 6.11. The van der Waals surface area contributed by atoms with Crippen molar-refractivity contribution in [3.63, 3.8) is 0 Å². The third-order valence-corrected chi connectivity index (χ3v) is 7.66. The maximum Gasteiger partial charge on any atom is 0.223 e. The van der Waals surface area contributed by atoms with Crippen molar-refractivity contribution in [2.45, 2.75) is 50.2 Å². The van der Waals surface area contributed by atoms with E-state index in [1.807, 2.05) is 11.3 Å². The van der Waals surface area contributed by atoms with E-state index in [9.17, 15) is 4.79 Å². The largest absolute Gasteiger partial charge is 0.376 e. The Morgan fingerprint density at radius 3 is 2.62 bits per heavy atom. The lowest BCUT2D eigenvalue weighted by molar-refractivity contribution is -0.132. The van der Waals surface area contributed by atoms with Gasteiger partial charge in [-0.25, -0.2) is 0 Å². The van der Waals surface area contributed by atoms with E-state index in [0.717, 1.165) is 58.2 Å². The van der Waals surface area contributed by atoms with Crippen LogP contribution in [0.3, 0.4) is 0 Å². The van der Waals surface area contributed by atoms with Gasteiger partial charge in [0.05, 0.1) is 11.6 Å². The molecule has 1 aliphatic carbocycles. The van der Waals surface area contributed by atoms with Crippen molar-refractivity contribution in [3.05, 3.63) is 22.4 Å². The second-order valence-corrected chi connectivity index (χ2v) is 9.08. The highest BCUT2D eigenvalue weighted by atomic mass is 32.1. The van der Waals surface area contributed by atoms with E-state index in [1.165, 1.54) is 4.88 Å². The number of likely N-dealkylation sites (tertiary alicyclic amines) is 1. The van der Waals surface area contributed by atoms with Crippen molar-refractivity contribution in [1.29, 1.82) is 0 Å². The maximum absolute atomic E-state index is 12.5. The number of rotatable bonds is 4. The van der Waals surface area contributed by atoms with Gasteiger partial charge >= 0.3 is 0 Å². The topological polar surface area (TPSA) is 32.8 Å². The summed E-state index contributed by atoms with van der Waals surface area (Å²) in [5, 5.41) is 2.18. The number of hydrogen-bond acceptors (Lipinski definition) is 4. The number of nitrogens with zero attached hydrogens (tertiary/aromatic N) is 2. The van der Waals surface area contributed by atoms with Crippen LogP contribution in [0.15, 0.2) is 17.5 Å². The minimum absolute atomic E-state index is 0.160. The summed E-state index contributed by atoms with van der Waals surface area (Å²) in [5.41, 5.74) is 0.366. The molecule has 4 nitrogen and oxygen atoms in total. The Kier molecular flexibility index (Phi) is 4.22. The molecule has 0 N–H and O–H groups in total. The lowest BCUT2D eigenvalue weighted by atomic mass is 9.66. The molecular formula is C19H28N2O2S. The molecule has 0 aromatic carbocycles. The number of amides is 1. The fourth-order valence-corrected chi connectivity index (χ4v) is 5.88. The first-order valence-electron chi connectivity index (χ1n) is 9.14. The Morgan fingerprint density at radius 1 is 1.33 bits per heavy atom. The molecule has 4 rings (SSSR count). The van der Waals surface area contributed by atoms with Crippen molar-refractivity contribution in [1.82, 2.24) is 9.80 Å². The predicted octanol–water partition coefficient (Wildman–Crippen LogP) is 3.09. The number of hydrogen-bond donors (Lipinski definition) is 0. The Hall–Kier alpha value is -0.910. The van der Waals surface area contributed by atoms with E-state index in [-0.39, 0.29) is 11.0 Å². The molecule has 1 aromatic heterocycles. The Morgan fingerprint density at radius 2 is 2.08 bits per heavy atom. The quantitative estimate of drug-likeness (QED) is 0.838. The van der Waals surface area contributed by atoms with Gasteiger partial charge in [-0.3, -0.25) is 9.69 Å². The molecule has 3 fully saturated rings. The number of ether oxygens (including phenoxy) is 1. The van der Waals surface area contributed by atoms with Crippen LogP contribution in [-0.2, 0) is 15.1 Å². The lowest BCUT2D eigenvalue weighted by Crippen LogP contribution is -2.47. The summed E-state index contributed by atoms with van der Waals surface area (Å²) >= 11 is 1.87. The fraction of sp³-hybridized carbons (Fsp3) is 0.737. The third kappa shape index (κ3) is 2.71. The number of carbonyl (C=O) groups is 1. The molecule has 1 saturated carbocycles. The van der Waals surface area contributed by atoms with Gasteiger partial charge in [0.15, 0.2) is 0 Å². The molecule has 1 amide bonds. The Balaban J connectivity index is 1.46. The Labute approximate surface area is 148 Å². The Bertz CT molecular complexity index is 587. The van der Waals surface area contributed by atoms with Gasteiger partial charge in [0, 0.05) is 31.0 Å². The van der Waals surface area contributed by atoms with E-state index in [4.69, 9.17) is 4.74 Å². The van der Waals surface area contributed by atoms with Crippen LogP contribution in [0.4, 0.5) is 0 Å². The zero-order valence-corrected chi connectivity index (χ0v) is 15.6. The minimum atomic E-state index is 0.160. The highest BCUT2D eigenvalue weighted by molar-refractivity contribution is 7.10. The summed E-state index contributed by atoms with van der Waals surface area (Å²) in [6.45, 7) is 2.62. The summed E-state index contributed by atoms with van der Waals surface area (Å²) in [7, 11) is 4.41. The van der Waals surface area contributed by atoms with Crippen LogP contribution < -0.4 is 0 Å². The first-order chi connectivity index (χ1) is 11.5. The highest BCUT2D eigenvalue weighted by Crippen LogP contribution is 2.52. The average Bonchev–Trinajstić information content (AvgIpc) is 3.13. The first-order valence-corrected chi connectivity index (χ1v) is 10.0. The molecule has 24 heavy (non-hydrogen) atoms. The van der Waals surface area contributed by atoms with Crippen molar-refractivity contribution in [3.8, 4) is 0 Å². The van der Waals surface area contributed by atoms with Crippen LogP contribution in [0.2, 0.25) is 0 Å². The zero-order valence-electron chi connectivity index (χ0n) is 14.8. The van der Waals surface area contributed by atoms with Gasteiger partial charge in [0.2, 0.25) is 5.91 Å². The van der Waals surface area contributed by atoms with E-state index < -0.39 is 0 Å². The monoisotopic (exact) mass is 348 g/mol. The number of thiophene rings is 1. The molecule has 2 aliphatic heterocycles. The molecule has 1 unspecified atom stereocenters. The summed E-state index contributed by atoms with van der Waals surface area (Å²) in [4.78, 5) is 18.5. The highest BCUT2D eigenvalue weighted by Gasteiger charge is 2.50. The van der Waals surface area contributed by atoms with Gasteiger partial charge in [-0.1, -0.05) is 6.07 Å². The molecule has 0 bridgehead atoms. The molecule has 1 spiro atoms. The normalized spacial score (nSPS) is 36.5. The van der Waals surface area contributed by atoms with Gasteiger partial charge in [0.1, 0.15) is 0 Å². The lowest BCUT2D eigenvalue weighted by Gasteiger charge is -2.48. The van der Waals surface area contributed by atoms with Crippen LogP contribution in [0.5, 0.6) is 0 Å². The van der Waals surface area contributed by atoms with E-state index in [0.29, 0.717) is 12.0 Å². The van der Waals surface area contributed by atoms with Crippen molar-refractivity contribution in [2.24, 2.45) is 5.41 Å². The number of carbonyl (C=O) groups excluding carboxylic acids is 1. The molecule has 0 radical (unpaired) electrons. The SMILES string of the molecule is CN(C)C1(c2cccs2)CCC2(CC1)CC(=O)N(CC1CCO1)C2. The molecule has 3 heterocycles. The second-order valence-electron chi connectivity index (χ2n) is 8.14. The van der Waals surface area contributed by atoms with Crippen molar-refractivity contribution >= 4 is 17.2 Å². The van der Waals surface area contributed by atoms with Crippen LogP contribution in [-0.4, -0.2) is 55.6 Å². The zero-order chi connectivity index (χ0) is 16.8. The van der Waals surface area contributed by atoms with Crippen LogP contribution in [0.1, 0.15) is 43.4 Å². The summed E-state index contributed by atoms with van der Waals surface area (Å²) in [6, 6.07) is 4.44. The minimum Gasteiger partial charge on any atom is -0.376 e. The van der Waals surface area contributed by atoms with Gasteiger partial charge in [0.25, 0.3) is 0 Å². The molecule has 2 saturated heterocycles. The molecule has 1 aromatic rings. The molecule has 5 heteroatoms. The maximum atomic E-state index is 12.5. The van der Waals surface area contributed by atoms with E-state index >= 15 is 0 Å². The van der Waals surface area contributed by atoms with E-state index in [1.54, 1.807) is 0 Å². The smallest absolute Gasteiger partial charge is 0.223 e. The van der Waals surface area contributed by atoms with Gasteiger partial charge in [-0.15, -0.1) is 11.3 Å². The molecule has 132 valence electrons. The average molecular weight is 349 g/mol. The van der Waals surface area contributed by atoms with Gasteiger partial charge in [-0.2, -0.15) is 0 Å². The van der Waals surface area contributed by atoms with Crippen molar-refractivity contribution < 1.29 is 9.53 Å². The molecule has 3 aliphatic rings. The van der Waals surface area contributed by atoms with Gasteiger partial charge in [-0.05, 0) is 63.1 Å². The van der Waals surface area contributed by atoms with Crippen LogP contribution in [0.25, 0.3) is 0 Å². The van der Waals surface area contributed by atoms with Crippen LogP contribution >= 0.6 is 11.3 Å². The first kappa shape index (κ1) is 16.6.